The second kappa shape index (κ2) is 17.3. The predicted molar refractivity (Wildman–Crippen MR) is 329 cm³/mol. The van der Waals surface area contributed by atoms with Gasteiger partial charge in [-0.1, -0.05) is 140 Å². The molecule has 0 radical (unpaired) electrons. The van der Waals surface area contributed by atoms with Crippen LogP contribution in [0.3, 0.4) is 0 Å². The van der Waals surface area contributed by atoms with Crippen LogP contribution in [-0.2, 0) is 0 Å². The minimum Gasteiger partial charge on any atom is -0.456 e. The summed E-state index contributed by atoms with van der Waals surface area (Å²) in [5.74, 6) is 1.71. The number of benzene rings is 12. The summed E-state index contributed by atoms with van der Waals surface area (Å²) >= 11 is 0. The number of hydrogen-bond acceptors (Lipinski definition) is 4. The summed E-state index contributed by atoms with van der Waals surface area (Å²) in [6, 6.07) is 95.2. The molecule has 7 nitrogen and oxygen atoms in total. The monoisotopic (exact) mass is 1020 g/mol. The minimum atomic E-state index is 0.558. The first-order chi connectivity index (χ1) is 39.6. The zero-order chi connectivity index (χ0) is 52.4. The molecule has 0 saturated carbocycles. The van der Waals surface area contributed by atoms with Gasteiger partial charge in [-0.2, -0.15) is 0 Å². The Morgan fingerprint density at radius 3 is 1.29 bits per heavy atom. The Labute approximate surface area is 458 Å². The number of furan rings is 1. The molecule has 0 spiro atoms. The SMILES string of the molecule is c1ccc(-n2c3ccccc3c3cc(-c4nc(-c5ccc6c(c5)c5ccccc5n6-c5ccccc5)nc(-c5ccc(-n6c7ccccc7c7cc8ccccc8cc76)cc5-c5ccc6c(c5)oc5ccccc56)n4)ccc32)cc1. The van der Waals surface area contributed by atoms with E-state index in [1.54, 1.807) is 0 Å². The fourth-order valence-electron chi connectivity index (χ4n) is 12.6. The van der Waals surface area contributed by atoms with Gasteiger partial charge >= 0.3 is 0 Å². The summed E-state index contributed by atoms with van der Waals surface area (Å²) < 4.78 is 13.7. The van der Waals surface area contributed by atoms with E-state index in [1.165, 1.54) is 21.5 Å². The van der Waals surface area contributed by atoms with Crippen LogP contribution in [0.15, 0.2) is 271 Å². The smallest absolute Gasteiger partial charge is 0.164 e. The van der Waals surface area contributed by atoms with Gasteiger partial charge in [0.05, 0.1) is 33.1 Å². The third-order valence-corrected chi connectivity index (χ3v) is 16.3. The van der Waals surface area contributed by atoms with Crippen molar-refractivity contribution in [2.24, 2.45) is 0 Å². The summed E-state index contributed by atoms with van der Waals surface area (Å²) in [6.45, 7) is 0. The third kappa shape index (κ3) is 6.77. The average Bonchev–Trinajstić information content (AvgIpc) is 4.29. The maximum Gasteiger partial charge on any atom is 0.164 e. The third-order valence-electron chi connectivity index (χ3n) is 16.3. The van der Waals surface area contributed by atoms with E-state index in [-0.39, 0.29) is 0 Å². The van der Waals surface area contributed by atoms with E-state index in [9.17, 15) is 0 Å². The van der Waals surface area contributed by atoms with Gasteiger partial charge in [-0.3, -0.25) is 0 Å². The molecule has 0 N–H and O–H groups in total. The summed E-state index contributed by atoms with van der Waals surface area (Å²) in [5.41, 5.74) is 16.2. The van der Waals surface area contributed by atoms with E-state index in [0.29, 0.717) is 17.5 Å². The van der Waals surface area contributed by atoms with Gasteiger partial charge in [-0.05, 0) is 149 Å². The highest BCUT2D eigenvalue weighted by Crippen LogP contribution is 2.43. The van der Waals surface area contributed by atoms with Gasteiger partial charge in [0, 0.05) is 76.8 Å². The van der Waals surface area contributed by atoms with Crippen molar-refractivity contribution in [3.05, 3.63) is 267 Å². The molecule has 0 amide bonds. The largest absolute Gasteiger partial charge is 0.456 e. The second-order valence-corrected chi connectivity index (χ2v) is 20.8. The first kappa shape index (κ1) is 44.3. The molecule has 372 valence electrons. The molecule has 12 aromatic carbocycles. The molecule has 80 heavy (non-hydrogen) atoms. The van der Waals surface area contributed by atoms with Crippen LogP contribution in [0.4, 0.5) is 0 Å². The summed E-state index contributed by atoms with van der Waals surface area (Å²) in [7, 11) is 0. The van der Waals surface area contributed by atoms with E-state index in [2.05, 4.69) is 268 Å². The standard InChI is InChI=1S/C73H44N6O/c1-3-19-50(20-4-1)77-63-27-13-9-23-53(63)60-40-48(32-37-66(60)77)71-74-72(49-33-38-67-61(41-49)54-24-10-14-28-64(54)78(67)51-21-5-2-6-22-51)76-73(75-71)58-36-34-52(44-59(58)47-31-35-57-56-26-12-16-30-69(56)80-70(57)43-47)79-65-29-15-11-25-55(65)62-39-45-17-7-8-18-46(45)42-68(62)79/h1-44H. The Morgan fingerprint density at radius 1 is 0.237 bits per heavy atom. The summed E-state index contributed by atoms with van der Waals surface area (Å²) in [5, 5.41) is 11.5. The molecule has 0 atom stereocenters. The number of fused-ring (bicyclic) bond motifs is 13. The topological polar surface area (TPSA) is 66.6 Å². The molecular formula is C73H44N6O. The molecule has 5 heterocycles. The lowest BCUT2D eigenvalue weighted by Crippen LogP contribution is -2.02. The Hall–Kier alpha value is -10.9. The molecular weight excluding hydrogens is 977 g/mol. The van der Waals surface area contributed by atoms with Crippen LogP contribution in [-0.4, -0.2) is 28.7 Å². The van der Waals surface area contributed by atoms with Crippen molar-refractivity contribution in [2.75, 3.05) is 0 Å². The van der Waals surface area contributed by atoms with Crippen LogP contribution >= 0.6 is 0 Å². The molecule has 0 aliphatic rings. The average molecular weight is 1020 g/mol. The molecule has 0 fully saturated rings. The van der Waals surface area contributed by atoms with Gasteiger partial charge in [0.1, 0.15) is 11.2 Å². The summed E-state index contributed by atoms with van der Waals surface area (Å²) in [4.78, 5) is 16.6. The van der Waals surface area contributed by atoms with Crippen molar-refractivity contribution in [3.63, 3.8) is 0 Å². The maximum absolute atomic E-state index is 6.61. The van der Waals surface area contributed by atoms with Crippen molar-refractivity contribution in [1.29, 1.82) is 0 Å². The van der Waals surface area contributed by atoms with Crippen molar-refractivity contribution in [1.82, 2.24) is 28.7 Å². The fourth-order valence-corrected chi connectivity index (χ4v) is 12.6. The molecule has 5 aromatic heterocycles. The van der Waals surface area contributed by atoms with Crippen molar-refractivity contribution in [2.45, 2.75) is 0 Å². The number of para-hydroxylation sites is 6. The van der Waals surface area contributed by atoms with E-state index in [1.807, 2.05) is 12.1 Å². The van der Waals surface area contributed by atoms with Crippen LogP contribution < -0.4 is 0 Å². The van der Waals surface area contributed by atoms with Crippen LogP contribution in [0.25, 0.3) is 160 Å². The van der Waals surface area contributed by atoms with Gasteiger partial charge in [0.2, 0.25) is 0 Å². The normalized spacial score (nSPS) is 12.0. The van der Waals surface area contributed by atoms with Crippen LogP contribution in [0.5, 0.6) is 0 Å². The van der Waals surface area contributed by atoms with Crippen LogP contribution in [0.1, 0.15) is 0 Å². The first-order valence-electron chi connectivity index (χ1n) is 27.1. The van der Waals surface area contributed by atoms with Gasteiger partial charge in [-0.25, -0.2) is 15.0 Å². The van der Waals surface area contributed by atoms with E-state index >= 15 is 0 Å². The predicted octanol–water partition coefficient (Wildman–Crippen LogP) is 18.9. The highest BCUT2D eigenvalue weighted by Gasteiger charge is 2.23. The zero-order valence-corrected chi connectivity index (χ0v) is 43.0. The quantitative estimate of drug-likeness (QED) is 0.160. The molecule has 0 saturated heterocycles. The lowest BCUT2D eigenvalue weighted by molar-refractivity contribution is 0.669. The molecule has 0 aliphatic carbocycles. The van der Waals surface area contributed by atoms with Crippen molar-refractivity contribution >= 4 is 98.1 Å². The van der Waals surface area contributed by atoms with Gasteiger partial charge in [-0.15, -0.1) is 0 Å². The Bertz CT molecular complexity index is 5200. The highest BCUT2D eigenvalue weighted by molar-refractivity contribution is 6.15. The number of rotatable bonds is 7. The highest BCUT2D eigenvalue weighted by atomic mass is 16.3. The number of aromatic nitrogens is 6. The Morgan fingerprint density at radius 2 is 0.688 bits per heavy atom. The lowest BCUT2D eigenvalue weighted by Gasteiger charge is -2.16. The van der Waals surface area contributed by atoms with Crippen molar-refractivity contribution < 1.29 is 4.42 Å². The van der Waals surface area contributed by atoms with E-state index in [4.69, 9.17) is 19.4 Å². The second-order valence-electron chi connectivity index (χ2n) is 20.8. The fraction of sp³-hybridized carbons (Fsp3) is 0. The minimum absolute atomic E-state index is 0.558. The molecule has 0 unspecified atom stereocenters. The van der Waals surface area contributed by atoms with Gasteiger partial charge in [0.25, 0.3) is 0 Å². The summed E-state index contributed by atoms with van der Waals surface area (Å²) in [6.07, 6.45) is 0. The lowest BCUT2D eigenvalue weighted by atomic mass is 9.96. The Kier molecular flexibility index (Phi) is 9.58. The molecule has 7 heteroatoms. The van der Waals surface area contributed by atoms with Gasteiger partial charge in [0.15, 0.2) is 17.5 Å². The zero-order valence-electron chi connectivity index (χ0n) is 43.0. The Balaban J connectivity index is 0.928. The first-order valence-corrected chi connectivity index (χ1v) is 27.1. The number of nitrogens with zero attached hydrogens (tertiary/aromatic N) is 6. The number of hydrogen-bond donors (Lipinski definition) is 0. The molecule has 0 bridgehead atoms. The maximum atomic E-state index is 6.61. The molecule has 17 rings (SSSR count). The van der Waals surface area contributed by atoms with Crippen LogP contribution in [0, 0.1) is 0 Å². The van der Waals surface area contributed by atoms with Gasteiger partial charge < -0.3 is 18.1 Å². The molecule has 0 aliphatic heterocycles. The van der Waals surface area contributed by atoms with E-state index in [0.717, 1.165) is 121 Å². The van der Waals surface area contributed by atoms with Crippen molar-refractivity contribution in [3.8, 4) is 62.4 Å². The molecule has 17 aromatic rings. The van der Waals surface area contributed by atoms with Crippen LogP contribution in [0.2, 0.25) is 0 Å². The van der Waals surface area contributed by atoms with E-state index < -0.39 is 0 Å².